The number of hydrogen-bond acceptors (Lipinski definition) is 17. The molecule has 0 fully saturated rings. The van der Waals surface area contributed by atoms with Crippen LogP contribution in [-0.4, -0.2) is 46.4 Å². The summed E-state index contributed by atoms with van der Waals surface area (Å²) in [6.07, 6.45) is 0. The second kappa shape index (κ2) is 18.4. The third-order valence-corrected chi connectivity index (χ3v) is 20.4. The molecule has 0 amide bonds. The van der Waals surface area contributed by atoms with E-state index in [-0.39, 0.29) is 34.3 Å². The van der Waals surface area contributed by atoms with Crippen molar-refractivity contribution in [2.75, 3.05) is 21.3 Å². The first kappa shape index (κ1) is 49.7. The summed E-state index contributed by atoms with van der Waals surface area (Å²) in [5.74, 6) is -1.05. The normalized spacial score (nSPS) is 13.0. The van der Waals surface area contributed by atoms with Crippen molar-refractivity contribution in [3.05, 3.63) is 237 Å². The van der Waals surface area contributed by atoms with E-state index in [1.54, 1.807) is 24.3 Å². The van der Waals surface area contributed by atoms with Crippen molar-refractivity contribution in [3.63, 3.8) is 0 Å². The van der Waals surface area contributed by atoms with Crippen LogP contribution >= 0.6 is 46.1 Å². The van der Waals surface area contributed by atoms with E-state index in [4.69, 9.17) is 17.5 Å². The van der Waals surface area contributed by atoms with Gasteiger partial charge >= 0.3 is 0 Å². The Labute approximate surface area is 509 Å². The molecule has 0 radical (unpaired) electrons. The number of fused-ring (bicyclic) bond motifs is 8. The van der Waals surface area contributed by atoms with Crippen LogP contribution < -0.4 is 21.3 Å². The lowest BCUT2D eigenvalue weighted by Crippen LogP contribution is -2.15. The van der Waals surface area contributed by atoms with Crippen LogP contribution in [0.5, 0.6) is 0 Å². The number of anilines is 8. The van der Waals surface area contributed by atoms with Crippen LogP contribution in [-0.2, 0) is 0 Å². The van der Waals surface area contributed by atoms with E-state index in [0.29, 0.717) is 118 Å². The number of benzene rings is 10. The van der Waals surface area contributed by atoms with Crippen molar-refractivity contribution in [1.82, 2.24) is 17.5 Å². The maximum absolute atomic E-state index is 16.3. The van der Waals surface area contributed by atoms with Gasteiger partial charge in [0.25, 0.3) is 0 Å². The molecule has 0 spiro atoms. The smallest absolute Gasteiger partial charge is 0.196 e. The van der Waals surface area contributed by atoms with Crippen LogP contribution in [0.25, 0.3) is 85.4 Å². The zero-order valence-corrected chi connectivity index (χ0v) is 48.5. The molecule has 4 aliphatic carbocycles. The van der Waals surface area contributed by atoms with Gasteiger partial charge in [0.05, 0.1) is 86.6 Å². The van der Waals surface area contributed by atoms with Crippen molar-refractivity contribution in [3.8, 4) is 45.0 Å². The molecule has 410 valence electrons. The van der Waals surface area contributed by atoms with E-state index in [1.807, 2.05) is 159 Å². The zero-order chi connectivity index (χ0) is 58.1. The van der Waals surface area contributed by atoms with Gasteiger partial charge in [-0.05, 0) is 137 Å². The number of aromatic nitrogens is 4. The van der Waals surface area contributed by atoms with Gasteiger partial charge in [-0.2, -0.15) is 17.5 Å². The highest BCUT2D eigenvalue weighted by molar-refractivity contribution is 7.15. The predicted octanol–water partition coefficient (Wildman–Crippen LogP) is 17.5. The van der Waals surface area contributed by atoms with E-state index in [9.17, 15) is 19.2 Å². The van der Waals surface area contributed by atoms with Crippen molar-refractivity contribution >= 4 is 161 Å². The van der Waals surface area contributed by atoms with Gasteiger partial charge in [-0.25, -0.2) is 0 Å². The van der Waals surface area contributed by atoms with Crippen LogP contribution in [0.1, 0.15) is 85.2 Å². The Kier molecular flexibility index (Phi) is 10.5. The minimum absolute atomic E-state index is 0.144. The Balaban J connectivity index is 0.807. The van der Waals surface area contributed by atoms with Gasteiger partial charge in [0, 0.05) is 99.9 Å². The highest BCUT2D eigenvalue weighted by Gasteiger charge is 2.35. The predicted molar refractivity (Wildman–Crippen MR) is 348 cm³/mol. The molecule has 0 saturated heterocycles. The van der Waals surface area contributed by atoms with Crippen LogP contribution in [0.2, 0.25) is 0 Å². The number of nitrogens with zero attached hydrogens (tertiary/aromatic N) is 4. The number of carbonyl (C=O) groups excluding carboxylic acids is 5. The minimum atomic E-state index is -0.421. The lowest BCUT2D eigenvalue weighted by atomic mass is 9.86. The Hall–Kier alpha value is -10.7. The first-order valence-electron chi connectivity index (χ1n) is 27.8. The fourth-order valence-electron chi connectivity index (χ4n) is 13.2. The van der Waals surface area contributed by atoms with Gasteiger partial charge in [-0.1, -0.05) is 97.1 Å². The average molecular weight is 1200 g/mol. The largest absolute Gasteiger partial charge is 0.355 e. The Morgan fingerprint density at radius 3 is 1.00 bits per heavy atom. The van der Waals surface area contributed by atoms with Gasteiger partial charge in [0.1, 0.15) is 0 Å². The lowest BCUT2D eigenvalue weighted by Gasteiger charge is -2.23. The fraction of sp³-hybridized carbons (Fsp3) is 0.0143. The summed E-state index contributed by atoms with van der Waals surface area (Å²) in [5.41, 5.74) is 14.7. The fourth-order valence-corrected chi connectivity index (χ4v) is 16.4. The number of nitrogens with one attached hydrogen (secondary N) is 4. The van der Waals surface area contributed by atoms with E-state index in [2.05, 4.69) is 21.3 Å². The molecule has 0 aliphatic heterocycles. The van der Waals surface area contributed by atoms with Crippen LogP contribution in [0, 0.1) is 6.92 Å². The molecule has 4 aromatic heterocycles. The Morgan fingerprint density at radius 1 is 0.333 bits per heavy atom. The van der Waals surface area contributed by atoms with Crippen LogP contribution in [0.4, 0.5) is 45.5 Å². The molecule has 87 heavy (non-hydrogen) atoms. The summed E-state index contributed by atoms with van der Waals surface area (Å²) in [5, 5.41) is 17.7. The maximum atomic E-state index is 16.3. The highest BCUT2D eigenvalue weighted by atomic mass is 32.1. The molecule has 0 atom stereocenters. The molecule has 4 aliphatic rings. The monoisotopic (exact) mass is 1200 g/mol. The molecule has 0 unspecified atom stereocenters. The summed E-state index contributed by atoms with van der Waals surface area (Å²) in [4.78, 5) is 75.2. The topological polar surface area (TPSA) is 185 Å². The van der Waals surface area contributed by atoms with Gasteiger partial charge in [0.15, 0.2) is 28.9 Å². The molecule has 0 bridgehead atoms. The van der Waals surface area contributed by atoms with Gasteiger partial charge in [0.2, 0.25) is 0 Å². The van der Waals surface area contributed by atoms with E-state index >= 15 is 4.79 Å². The molecule has 18 rings (SSSR count). The maximum Gasteiger partial charge on any atom is 0.196 e. The average Bonchev–Trinajstić information content (AvgIpc) is 1.91. The molecule has 4 N–H and O–H groups in total. The first-order chi connectivity index (χ1) is 42.6. The number of rotatable bonds is 10. The molecule has 10 aromatic carbocycles. The minimum Gasteiger partial charge on any atom is -0.355 e. The quantitative estimate of drug-likeness (QED) is 0.0949. The van der Waals surface area contributed by atoms with Crippen molar-refractivity contribution in [1.29, 1.82) is 0 Å². The summed E-state index contributed by atoms with van der Waals surface area (Å²) < 4.78 is 23.0. The summed E-state index contributed by atoms with van der Waals surface area (Å²) in [6.45, 7) is 1.92. The van der Waals surface area contributed by atoms with E-state index in [0.717, 1.165) is 63.1 Å². The highest BCUT2D eigenvalue weighted by Crippen LogP contribution is 2.49. The number of hydrogen-bond donors (Lipinski definition) is 4. The SMILES string of the molecule is Cc1c(Nc2cccc3c2C(=O)c2cccc4snc-3c24)cc(C(=O)c2cc(Nc3cccc4c3C(=O)c3cccc5snc-4c35)ccc2Nc2cccc3c2C(=O)c2cccc4snc-3c24)cc1Nc1cccc2c1C(=O)c1cccc3snc-2c13. The molecular weight excluding hydrogens is 1160 g/mol. The molecule has 13 nitrogen and oxygen atoms in total. The van der Waals surface area contributed by atoms with Crippen LogP contribution in [0.15, 0.2) is 176 Å². The second-order valence-corrected chi connectivity index (χ2v) is 25.1. The third kappa shape index (κ3) is 7.13. The summed E-state index contributed by atoms with van der Waals surface area (Å²) in [7, 11) is 0. The third-order valence-electron chi connectivity index (χ3n) is 17.2. The zero-order valence-electron chi connectivity index (χ0n) is 45.2. The molecular formula is C70H36N8O5S4. The number of carbonyl (C=O) groups is 5. The lowest BCUT2D eigenvalue weighted by molar-refractivity contribution is 0.103. The summed E-state index contributed by atoms with van der Waals surface area (Å²) in [6, 6.07) is 54.2. The van der Waals surface area contributed by atoms with Gasteiger partial charge in [-0.15, -0.1) is 0 Å². The first-order valence-corrected chi connectivity index (χ1v) is 30.9. The van der Waals surface area contributed by atoms with Crippen molar-refractivity contribution < 1.29 is 24.0 Å². The standard InChI is InChI=1S/C70H36N8O5S4/c1-31-48(73-46-20-4-12-36-56(46)69(82)40-16-8-24-52-60(40)64(36)77-86-52)28-32(29-49(31)74-47-21-5-13-37-57(47)70(83)41-17-9-25-53-61(41)65(37)78-87-53)66(79)42-30-33(71-44-18-2-10-34-54(44)67(80)38-14-6-22-50-58(38)62(34)75-84-50)26-27-43(42)72-45-19-3-11-35-55(45)68(81)39-15-7-23-51-59(39)63(35)76-85-51/h2-30,71-74H,1H3. The Morgan fingerprint density at radius 2 is 0.644 bits per heavy atom. The van der Waals surface area contributed by atoms with Crippen molar-refractivity contribution in [2.45, 2.75) is 6.92 Å². The Bertz CT molecular complexity index is 5410. The summed E-state index contributed by atoms with van der Waals surface area (Å²) >= 11 is 5.40. The molecule has 14 aromatic rings. The number of ketones is 5. The molecule has 0 saturated carbocycles. The van der Waals surface area contributed by atoms with Crippen LogP contribution in [0.3, 0.4) is 0 Å². The second-order valence-electron chi connectivity index (χ2n) is 21.9. The molecule has 17 heteroatoms. The van der Waals surface area contributed by atoms with E-state index in [1.165, 1.54) is 46.1 Å². The van der Waals surface area contributed by atoms with Gasteiger partial charge in [-0.3, -0.25) is 24.0 Å². The van der Waals surface area contributed by atoms with Gasteiger partial charge < -0.3 is 21.3 Å². The van der Waals surface area contributed by atoms with Crippen molar-refractivity contribution in [2.24, 2.45) is 0 Å². The van der Waals surface area contributed by atoms with E-state index < -0.39 is 5.78 Å². The molecule has 4 heterocycles.